The lowest BCUT2D eigenvalue weighted by molar-refractivity contribution is 0.669. The summed E-state index contributed by atoms with van der Waals surface area (Å²) >= 11 is 0. The Kier molecular flexibility index (Phi) is 2.31. The van der Waals surface area contributed by atoms with E-state index >= 15 is 0 Å². The van der Waals surface area contributed by atoms with Crippen LogP contribution in [0.1, 0.15) is 38.4 Å². The SMILES string of the molecule is [2H]c1c([2H])c([2H])c2c(oc3c([2H])c(-c4c([2H])c([2H])c([2H])c5c(-c6c([2H])c([2H])c7c([2H])c([2H])c([2H])c([2H])c7c6[2H])c6c([2H])c([2H])c([2H])c([2H])c6c(-c6c([2H])c([2H])c7c([2H])c([2H])c([2H])c([2H])c7c6[2H])c45)c([2H])c([2H])c32)c1[2H]. The molecule has 1 aromatic heterocycles. The molecule has 1 heterocycles. The molecule has 0 radical (unpaired) electrons. The van der Waals surface area contributed by atoms with Crippen molar-refractivity contribution in [2.75, 3.05) is 0 Å². The maximum Gasteiger partial charge on any atom is 0.136 e. The number of rotatable bonds is 3. The molecule has 0 fully saturated rings. The molecule has 0 saturated carbocycles. The zero-order valence-electron chi connectivity index (χ0n) is 51.4. The predicted octanol–water partition coefficient (Wildman–Crippen LogP) is 13.2. The first kappa shape index (κ1) is 10.7. The van der Waals surface area contributed by atoms with Gasteiger partial charge in [-0.3, -0.25) is 0 Å². The largest absolute Gasteiger partial charge is 0.456 e. The van der Waals surface area contributed by atoms with E-state index in [0.29, 0.717) is 0 Å². The Morgan fingerprint density at radius 1 is 0.340 bits per heavy atom. The van der Waals surface area contributed by atoms with Gasteiger partial charge in [-0.1, -0.05) is 139 Å². The van der Waals surface area contributed by atoms with Crippen molar-refractivity contribution in [2.24, 2.45) is 0 Å². The summed E-state index contributed by atoms with van der Waals surface area (Å²) in [6, 6.07) is -26.5. The summed E-state index contributed by atoms with van der Waals surface area (Å²) in [5.74, 6) is 0. The lowest BCUT2D eigenvalue weighted by atomic mass is 9.82. The second-order valence-corrected chi connectivity index (χ2v) is 10.3. The van der Waals surface area contributed by atoms with E-state index in [4.69, 9.17) is 23.6 Å². The molecular weight excluding hydrogens is 569 g/mol. The third-order valence-corrected chi connectivity index (χ3v) is 7.70. The average molecular weight is 625 g/mol. The van der Waals surface area contributed by atoms with Gasteiger partial charge in [0.15, 0.2) is 0 Å². The fraction of sp³-hybridized carbons (Fsp3) is 0. The number of para-hydroxylation sites is 1. The molecule has 0 saturated heterocycles. The Morgan fingerprint density at radius 3 is 1.60 bits per heavy atom. The van der Waals surface area contributed by atoms with Gasteiger partial charge in [0.05, 0.1) is 38.4 Å². The highest BCUT2D eigenvalue weighted by molar-refractivity contribution is 6.25. The monoisotopic (exact) mass is 624 g/mol. The molecule has 10 rings (SSSR count). The lowest BCUT2D eigenvalue weighted by Gasteiger charge is -2.21. The minimum Gasteiger partial charge on any atom is -0.456 e. The Hall–Kier alpha value is -6.18. The molecule has 0 atom stereocenters. The molecule has 9 aromatic carbocycles. The number of hydrogen-bond donors (Lipinski definition) is 0. The highest BCUT2D eigenvalue weighted by atomic mass is 16.3. The van der Waals surface area contributed by atoms with E-state index in [2.05, 4.69) is 0 Å². The van der Waals surface area contributed by atoms with Gasteiger partial charge in [0.2, 0.25) is 0 Å². The molecule has 0 bridgehead atoms. The van der Waals surface area contributed by atoms with E-state index in [1.54, 1.807) is 0 Å². The number of fused-ring (bicyclic) bond motifs is 7. The summed E-state index contributed by atoms with van der Waals surface area (Å²) in [4.78, 5) is 0. The van der Waals surface area contributed by atoms with Gasteiger partial charge >= 0.3 is 0 Å². The van der Waals surface area contributed by atoms with E-state index < -0.39 is 268 Å². The summed E-state index contributed by atoms with van der Waals surface area (Å²) < 4.78 is 260. The van der Waals surface area contributed by atoms with Gasteiger partial charge in [0, 0.05) is 10.8 Å². The first-order valence-corrected chi connectivity index (χ1v) is 13.9. The van der Waals surface area contributed by atoms with Gasteiger partial charge in [0.1, 0.15) is 11.2 Å². The van der Waals surface area contributed by atoms with Crippen molar-refractivity contribution in [3.63, 3.8) is 0 Å². The molecule has 0 aliphatic heterocycles. The van der Waals surface area contributed by atoms with Crippen molar-refractivity contribution >= 4 is 65.0 Å². The van der Waals surface area contributed by atoms with Crippen molar-refractivity contribution < 1.29 is 42.8 Å². The van der Waals surface area contributed by atoms with Crippen LogP contribution in [0, 0.1) is 0 Å². The first-order valence-electron chi connectivity index (χ1n) is 27.9. The predicted molar refractivity (Wildman–Crippen MR) is 200 cm³/mol. The fourth-order valence-electron chi connectivity index (χ4n) is 5.70. The van der Waals surface area contributed by atoms with Crippen LogP contribution in [0.25, 0.3) is 98.4 Å². The van der Waals surface area contributed by atoms with E-state index in [0.717, 1.165) is 0 Å². The molecule has 218 valence electrons. The summed E-state index contributed by atoms with van der Waals surface area (Å²) in [5.41, 5.74) is -6.37. The average Bonchev–Trinajstić information content (AvgIpc) is 3.84. The van der Waals surface area contributed by atoms with Crippen molar-refractivity contribution in [1.82, 2.24) is 0 Å². The van der Waals surface area contributed by atoms with Crippen LogP contribution in [0.15, 0.2) is 174 Å². The van der Waals surface area contributed by atoms with E-state index in [1.165, 1.54) is 0 Å². The van der Waals surface area contributed by atoms with Crippen molar-refractivity contribution in [2.45, 2.75) is 0 Å². The van der Waals surface area contributed by atoms with Gasteiger partial charge in [-0.25, -0.2) is 0 Å². The quantitative estimate of drug-likeness (QED) is 0.178. The summed E-state index contributed by atoms with van der Waals surface area (Å²) in [6.45, 7) is 0. The number of hydrogen-bond acceptors (Lipinski definition) is 1. The van der Waals surface area contributed by atoms with Gasteiger partial charge < -0.3 is 4.42 Å². The molecule has 10 aromatic rings. The van der Waals surface area contributed by atoms with Crippen LogP contribution in [0.5, 0.6) is 0 Å². The zero-order chi connectivity index (χ0) is 55.3. The van der Waals surface area contributed by atoms with Crippen molar-refractivity contribution in [3.05, 3.63) is 169 Å². The van der Waals surface area contributed by atoms with Crippen LogP contribution in [0.3, 0.4) is 0 Å². The van der Waals surface area contributed by atoms with Gasteiger partial charge in [-0.2, -0.15) is 0 Å². The molecule has 0 unspecified atom stereocenters. The van der Waals surface area contributed by atoms with Crippen molar-refractivity contribution in [1.29, 1.82) is 0 Å². The second-order valence-electron chi connectivity index (χ2n) is 10.3. The van der Waals surface area contributed by atoms with Gasteiger partial charge in [-0.05, 0) is 107 Å². The molecule has 0 aliphatic rings. The smallest absolute Gasteiger partial charge is 0.136 e. The molecule has 0 N–H and O–H groups in total. The minimum atomic E-state index is -1.11. The van der Waals surface area contributed by atoms with Gasteiger partial charge in [0.25, 0.3) is 0 Å². The topological polar surface area (TPSA) is 13.1 Å². The summed E-state index contributed by atoms with van der Waals surface area (Å²) in [5, 5.41) is -6.85. The van der Waals surface area contributed by atoms with Crippen LogP contribution in [0.2, 0.25) is 0 Å². The molecular formula is C46H28O. The maximum absolute atomic E-state index is 9.75. The Labute approximate surface area is 311 Å². The lowest BCUT2D eigenvalue weighted by Crippen LogP contribution is -1.93. The Bertz CT molecular complexity index is 4440. The number of furan rings is 1. The van der Waals surface area contributed by atoms with Crippen LogP contribution in [-0.4, -0.2) is 0 Å². The summed E-state index contributed by atoms with van der Waals surface area (Å²) in [7, 11) is 0. The normalized spacial score (nSPS) is 20.2. The highest BCUT2D eigenvalue weighted by Gasteiger charge is 2.20. The fourth-order valence-corrected chi connectivity index (χ4v) is 5.70. The van der Waals surface area contributed by atoms with E-state index in [-0.39, 0.29) is 0 Å². The first-order chi connectivity index (χ1) is 35.0. The molecule has 0 spiro atoms. The highest BCUT2D eigenvalue weighted by Crippen LogP contribution is 2.48. The van der Waals surface area contributed by atoms with E-state index in [1.807, 2.05) is 0 Å². The molecule has 0 aliphatic carbocycles. The molecule has 47 heavy (non-hydrogen) atoms. The Balaban J connectivity index is 1.62. The van der Waals surface area contributed by atoms with Crippen LogP contribution >= 0.6 is 0 Å². The third-order valence-electron chi connectivity index (χ3n) is 7.70. The molecule has 1 nitrogen and oxygen atoms in total. The minimum absolute atomic E-state index is 0.425. The van der Waals surface area contributed by atoms with E-state index in [9.17, 15) is 19.2 Å². The van der Waals surface area contributed by atoms with Crippen LogP contribution in [-0.2, 0) is 0 Å². The van der Waals surface area contributed by atoms with Gasteiger partial charge in [-0.15, -0.1) is 0 Å². The summed E-state index contributed by atoms with van der Waals surface area (Å²) in [6.07, 6.45) is 0. The Morgan fingerprint density at radius 2 is 0.872 bits per heavy atom. The maximum atomic E-state index is 9.75. The molecule has 0 amide bonds. The van der Waals surface area contributed by atoms with Crippen LogP contribution in [0.4, 0.5) is 0 Å². The molecule has 1 heteroatoms. The van der Waals surface area contributed by atoms with Crippen LogP contribution < -0.4 is 0 Å². The standard InChI is InChI=1S/C46H28O/c1-3-12-31-26-34(22-20-29(31)10-1)44-39-15-5-6-16-40(39)45(35-23-21-30-11-2-4-13-32(30)27-35)46-36(17-9-18-41(44)46)33-24-25-38-37-14-7-8-19-42(37)47-43(38)28-33/h1-28H/i1D,2D,3D,4D,5D,6D,7D,8D,9D,10D,11D,12D,13D,14D,15D,16D,17D,18D,19D,20D,21D,22D,23D,24D,25D,26D,27D,28D. The van der Waals surface area contributed by atoms with Crippen molar-refractivity contribution in [3.8, 4) is 33.4 Å². The zero-order valence-corrected chi connectivity index (χ0v) is 23.4. The third kappa shape index (κ3) is 4.03. The second kappa shape index (κ2) is 10.2. The number of benzene rings is 9.